The van der Waals surface area contributed by atoms with Crippen molar-refractivity contribution in [3.05, 3.63) is 103 Å². The third kappa shape index (κ3) is 5.55. The van der Waals surface area contributed by atoms with Crippen LogP contribution in [-0.2, 0) is 12.7 Å². The van der Waals surface area contributed by atoms with E-state index in [0.29, 0.717) is 20.4 Å². The first-order valence-electron chi connectivity index (χ1n) is 10.6. The standard InChI is InChI=1S/C24H17F3IN5O4/c1-13-11-14(5-10-19(13)29-21(34)17-3-2-4-18(28)20(17)22(35)36)12-32-23(37)33(31-30-32)16-8-6-15(7-9-16)24(25,26)27/h2-11H,12H2,1H3,(H,29,34)(H,35,36). The molecule has 0 radical (unpaired) electrons. The van der Waals surface area contributed by atoms with Crippen molar-refractivity contribution in [3.63, 3.8) is 0 Å². The van der Waals surface area contributed by atoms with Gasteiger partial charge in [-0.05, 0) is 93.5 Å². The van der Waals surface area contributed by atoms with E-state index in [1.54, 1.807) is 37.3 Å². The molecule has 0 fully saturated rings. The Hall–Kier alpha value is -4.01. The highest BCUT2D eigenvalue weighted by Gasteiger charge is 2.30. The highest BCUT2D eigenvalue weighted by molar-refractivity contribution is 14.1. The minimum Gasteiger partial charge on any atom is -0.478 e. The minimum absolute atomic E-state index is 0.0224. The number of rotatable bonds is 6. The molecule has 13 heteroatoms. The van der Waals surface area contributed by atoms with Crippen LogP contribution in [0, 0.1) is 10.5 Å². The molecular weight excluding hydrogens is 606 g/mol. The van der Waals surface area contributed by atoms with Crippen molar-refractivity contribution in [2.75, 3.05) is 5.32 Å². The zero-order valence-electron chi connectivity index (χ0n) is 19.0. The smallest absolute Gasteiger partial charge is 0.416 e. The molecule has 9 nitrogen and oxygen atoms in total. The zero-order valence-corrected chi connectivity index (χ0v) is 21.1. The van der Waals surface area contributed by atoms with Gasteiger partial charge in [0, 0.05) is 9.26 Å². The van der Waals surface area contributed by atoms with E-state index < -0.39 is 29.3 Å². The maximum atomic E-state index is 12.8. The molecule has 0 aliphatic rings. The third-order valence-electron chi connectivity index (χ3n) is 5.42. The minimum atomic E-state index is -4.50. The fourth-order valence-electron chi connectivity index (χ4n) is 3.58. The number of carboxylic acids is 1. The molecule has 2 N–H and O–H groups in total. The largest absolute Gasteiger partial charge is 0.478 e. The van der Waals surface area contributed by atoms with Crippen LogP contribution in [0.1, 0.15) is 37.4 Å². The summed E-state index contributed by atoms with van der Waals surface area (Å²) in [6.45, 7) is 1.75. The first kappa shape index (κ1) is 26.1. The molecule has 1 amide bonds. The molecular formula is C24H17F3IN5O4. The van der Waals surface area contributed by atoms with Crippen molar-refractivity contribution in [2.24, 2.45) is 0 Å². The zero-order chi connectivity index (χ0) is 26.9. The molecule has 190 valence electrons. The predicted molar refractivity (Wildman–Crippen MR) is 135 cm³/mol. The molecule has 0 unspecified atom stereocenters. The summed E-state index contributed by atoms with van der Waals surface area (Å²) in [5.74, 6) is -1.79. The van der Waals surface area contributed by atoms with Crippen LogP contribution >= 0.6 is 22.6 Å². The number of hydrogen-bond donors (Lipinski definition) is 2. The SMILES string of the molecule is Cc1cc(Cn2nnn(-c3ccc(C(F)(F)F)cc3)c2=O)ccc1NC(=O)c1cccc(I)c1C(=O)O. The lowest BCUT2D eigenvalue weighted by molar-refractivity contribution is -0.137. The number of hydrogen-bond acceptors (Lipinski definition) is 5. The van der Waals surface area contributed by atoms with Crippen LogP contribution in [-0.4, -0.2) is 36.8 Å². The molecule has 4 rings (SSSR count). The van der Waals surface area contributed by atoms with Crippen molar-refractivity contribution >= 4 is 40.2 Å². The number of alkyl halides is 3. The van der Waals surface area contributed by atoms with Gasteiger partial charge in [-0.1, -0.05) is 18.2 Å². The molecule has 1 heterocycles. The van der Waals surface area contributed by atoms with Gasteiger partial charge in [0.05, 0.1) is 28.9 Å². The maximum absolute atomic E-state index is 12.8. The van der Waals surface area contributed by atoms with Gasteiger partial charge in [0.25, 0.3) is 5.91 Å². The number of anilines is 1. The Morgan fingerprint density at radius 1 is 1.05 bits per heavy atom. The number of carbonyl (C=O) groups excluding carboxylic acids is 1. The predicted octanol–water partition coefficient (Wildman–Crippen LogP) is 4.36. The summed E-state index contributed by atoms with van der Waals surface area (Å²) in [4.78, 5) is 37.1. The number of carboxylic acid groups (broad SMARTS) is 1. The number of aromatic carboxylic acids is 1. The van der Waals surface area contributed by atoms with Gasteiger partial charge in [-0.25, -0.2) is 9.59 Å². The van der Waals surface area contributed by atoms with Crippen LogP contribution in [0.5, 0.6) is 0 Å². The van der Waals surface area contributed by atoms with Crippen molar-refractivity contribution in [1.29, 1.82) is 0 Å². The van der Waals surface area contributed by atoms with Gasteiger partial charge in [0.2, 0.25) is 0 Å². The number of nitrogens with zero attached hydrogens (tertiary/aromatic N) is 4. The van der Waals surface area contributed by atoms with E-state index in [-0.39, 0.29) is 23.4 Å². The lowest BCUT2D eigenvalue weighted by Gasteiger charge is -2.12. The topological polar surface area (TPSA) is 119 Å². The monoisotopic (exact) mass is 623 g/mol. The quantitative estimate of drug-likeness (QED) is 0.309. The van der Waals surface area contributed by atoms with E-state index in [2.05, 4.69) is 15.7 Å². The van der Waals surface area contributed by atoms with Crippen LogP contribution < -0.4 is 11.0 Å². The van der Waals surface area contributed by atoms with Crippen LogP contribution in [0.25, 0.3) is 5.69 Å². The fourth-order valence-corrected chi connectivity index (χ4v) is 4.31. The molecule has 1 aromatic heterocycles. The second kappa shape index (κ2) is 10.2. The van der Waals surface area contributed by atoms with E-state index in [9.17, 15) is 32.7 Å². The van der Waals surface area contributed by atoms with Crippen LogP contribution in [0.2, 0.25) is 0 Å². The Morgan fingerprint density at radius 3 is 2.38 bits per heavy atom. The van der Waals surface area contributed by atoms with E-state index in [1.807, 2.05) is 22.6 Å². The number of aromatic nitrogens is 4. The maximum Gasteiger partial charge on any atom is 0.416 e. The molecule has 3 aromatic carbocycles. The van der Waals surface area contributed by atoms with E-state index in [4.69, 9.17) is 0 Å². The number of tetrazole rings is 1. The fraction of sp³-hybridized carbons (Fsp3) is 0.125. The van der Waals surface area contributed by atoms with Crippen molar-refractivity contribution in [3.8, 4) is 5.69 Å². The molecule has 4 aromatic rings. The number of amides is 1. The molecule has 37 heavy (non-hydrogen) atoms. The van der Waals surface area contributed by atoms with E-state index >= 15 is 0 Å². The summed E-state index contributed by atoms with van der Waals surface area (Å²) in [5.41, 5.74) is 0.323. The summed E-state index contributed by atoms with van der Waals surface area (Å²) >= 11 is 1.85. The normalized spacial score (nSPS) is 11.4. The lowest BCUT2D eigenvalue weighted by Crippen LogP contribution is -2.25. The molecule has 0 saturated carbocycles. The second-order valence-corrected chi connectivity index (χ2v) is 9.11. The lowest BCUT2D eigenvalue weighted by atomic mass is 10.1. The summed E-state index contributed by atoms with van der Waals surface area (Å²) < 4.78 is 40.7. The van der Waals surface area contributed by atoms with Gasteiger partial charge in [-0.15, -0.1) is 0 Å². The number of nitrogens with one attached hydrogen (secondary N) is 1. The second-order valence-electron chi connectivity index (χ2n) is 7.95. The van der Waals surface area contributed by atoms with Gasteiger partial charge in [0.1, 0.15) is 0 Å². The Labute approximate surface area is 220 Å². The van der Waals surface area contributed by atoms with E-state index in [0.717, 1.165) is 33.6 Å². The van der Waals surface area contributed by atoms with Crippen molar-refractivity contribution < 1.29 is 27.9 Å². The summed E-state index contributed by atoms with van der Waals surface area (Å²) in [7, 11) is 0. The van der Waals surface area contributed by atoms with E-state index in [1.165, 1.54) is 6.07 Å². The van der Waals surface area contributed by atoms with Gasteiger partial charge >= 0.3 is 17.8 Å². The molecule has 0 bridgehead atoms. The average molecular weight is 623 g/mol. The Balaban J connectivity index is 1.52. The molecule has 0 aliphatic heterocycles. The van der Waals surface area contributed by atoms with Gasteiger partial charge in [-0.2, -0.15) is 22.5 Å². The number of halogens is 4. The van der Waals surface area contributed by atoms with Crippen LogP contribution in [0.3, 0.4) is 0 Å². The molecule has 0 atom stereocenters. The van der Waals surface area contributed by atoms with Crippen molar-refractivity contribution in [1.82, 2.24) is 19.8 Å². The first-order valence-corrected chi connectivity index (χ1v) is 11.7. The average Bonchev–Trinajstić information content (AvgIpc) is 3.19. The number of benzene rings is 3. The molecule has 0 aliphatic carbocycles. The Kier molecular flexibility index (Phi) is 7.16. The summed E-state index contributed by atoms with van der Waals surface area (Å²) in [6.07, 6.45) is -4.50. The van der Waals surface area contributed by atoms with Gasteiger partial charge in [-0.3, -0.25) is 4.79 Å². The summed E-state index contributed by atoms with van der Waals surface area (Å²) in [5, 5.41) is 19.7. The number of carbonyl (C=O) groups is 2. The molecule has 0 saturated heterocycles. The van der Waals surface area contributed by atoms with Crippen LogP contribution in [0.15, 0.2) is 65.5 Å². The first-order chi connectivity index (χ1) is 17.5. The van der Waals surface area contributed by atoms with Crippen molar-refractivity contribution in [2.45, 2.75) is 19.6 Å². The van der Waals surface area contributed by atoms with Gasteiger partial charge in [0.15, 0.2) is 0 Å². The Bertz CT molecular complexity index is 1560. The highest BCUT2D eigenvalue weighted by atomic mass is 127. The van der Waals surface area contributed by atoms with Gasteiger partial charge < -0.3 is 10.4 Å². The van der Waals surface area contributed by atoms with Crippen LogP contribution in [0.4, 0.5) is 18.9 Å². The third-order valence-corrected chi connectivity index (χ3v) is 6.32. The Morgan fingerprint density at radius 2 is 1.76 bits per heavy atom. The molecule has 0 spiro atoms. The summed E-state index contributed by atoms with van der Waals surface area (Å²) in [6, 6.07) is 13.6. The number of aryl methyl sites for hydroxylation is 1. The highest BCUT2D eigenvalue weighted by Crippen LogP contribution is 2.29.